The lowest BCUT2D eigenvalue weighted by Gasteiger charge is -2.10. The normalized spacial score (nSPS) is 13.0. The number of rotatable bonds is 15. The van der Waals surface area contributed by atoms with Crippen LogP contribution in [-0.4, -0.2) is 26.2 Å². The minimum Gasteiger partial charge on any atom is -0.345 e. The highest BCUT2D eigenvalue weighted by atomic mass is 32.2. The highest BCUT2D eigenvalue weighted by Gasteiger charge is 2.23. The van der Waals surface area contributed by atoms with E-state index in [0.717, 1.165) is 12.8 Å². The van der Waals surface area contributed by atoms with Crippen molar-refractivity contribution in [1.29, 1.82) is 0 Å². The van der Waals surface area contributed by atoms with E-state index in [0.29, 0.717) is 6.42 Å². The average molecular weight is 350 g/mol. The zero-order chi connectivity index (χ0) is 17.6. The number of hydrogen-bond acceptors (Lipinski definition) is 5. The van der Waals surface area contributed by atoms with Crippen LogP contribution < -0.4 is 5.73 Å². The van der Waals surface area contributed by atoms with E-state index in [1.54, 1.807) is 0 Å². The van der Waals surface area contributed by atoms with Crippen LogP contribution in [-0.2, 0) is 19.1 Å². The molecule has 6 heteroatoms. The van der Waals surface area contributed by atoms with Gasteiger partial charge >= 0.3 is 16.1 Å². The number of unbranched alkanes of at least 4 members (excludes halogenated alkanes) is 10. The van der Waals surface area contributed by atoms with E-state index in [2.05, 4.69) is 11.1 Å². The molecule has 0 amide bonds. The van der Waals surface area contributed by atoms with E-state index in [1.807, 2.05) is 0 Å². The van der Waals surface area contributed by atoms with Crippen molar-refractivity contribution < 1.29 is 17.4 Å². The van der Waals surface area contributed by atoms with Crippen LogP contribution in [0.4, 0.5) is 0 Å². The monoisotopic (exact) mass is 349 g/mol. The summed E-state index contributed by atoms with van der Waals surface area (Å²) in [5.74, 6) is -0.666. The Bertz CT molecular complexity index is 395. The minimum atomic E-state index is -3.85. The zero-order valence-corrected chi connectivity index (χ0v) is 15.7. The van der Waals surface area contributed by atoms with Crippen molar-refractivity contribution in [3.05, 3.63) is 0 Å². The lowest BCUT2D eigenvalue weighted by Crippen LogP contribution is -2.30. The largest absolute Gasteiger partial charge is 0.345 e. The van der Waals surface area contributed by atoms with Gasteiger partial charge < -0.3 is 9.92 Å². The molecule has 1 atom stereocenters. The van der Waals surface area contributed by atoms with Crippen LogP contribution in [0.2, 0.25) is 0 Å². The van der Waals surface area contributed by atoms with Gasteiger partial charge in [-0.25, -0.2) is 0 Å². The minimum absolute atomic E-state index is 0.0476. The molecule has 0 saturated heterocycles. The molecule has 0 aliphatic carbocycles. The molecule has 0 spiro atoms. The molecule has 0 radical (unpaired) electrons. The maximum absolute atomic E-state index is 11.6. The summed E-state index contributed by atoms with van der Waals surface area (Å²) in [5.41, 5.74) is 5.28. The van der Waals surface area contributed by atoms with Crippen molar-refractivity contribution in [2.24, 2.45) is 5.73 Å². The maximum atomic E-state index is 11.6. The lowest BCUT2D eigenvalue weighted by atomic mass is 10.1. The molecule has 1 unspecified atom stereocenters. The molecule has 0 aliphatic heterocycles. The number of carbonyl (C=O) groups is 1. The Morgan fingerprint density at radius 3 is 1.78 bits per heavy atom. The van der Waals surface area contributed by atoms with Crippen LogP contribution >= 0.6 is 0 Å². The topological polar surface area (TPSA) is 86.5 Å². The summed E-state index contributed by atoms with van der Waals surface area (Å²) in [6.07, 6.45) is 13.3. The van der Waals surface area contributed by atoms with Gasteiger partial charge in [-0.15, -0.1) is 0 Å². The third-order valence-corrected chi connectivity index (χ3v) is 5.61. The van der Waals surface area contributed by atoms with E-state index in [9.17, 15) is 13.2 Å². The van der Waals surface area contributed by atoms with Crippen molar-refractivity contribution in [2.45, 2.75) is 96.1 Å². The van der Waals surface area contributed by atoms with Gasteiger partial charge in [-0.05, 0) is 13.3 Å². The van der Waals surface area contributed by atoms with Crippen molar-refractivity contribution in [1.82, 2.24) is 0 Å². The van der Waals surface area contributed by atoms with Crippen molar-refractivity contribution >= 4 is 16.1 Å². The number of hydrogen-bond donors (Lipinski definition) is 1. The van der Waals surface area contributed by atoms with Crippen molar-refractivity contribution in [3.8, 4) is 0 Å². The molecular formula is C17H35NO4S. The van der Waals surface area contributed by atoms with Gasteiger partial charge in [0.1, 0.15) is 5.25 Å². The Kier molecular flexibility index (Phi) is 13.4. The summed E-state index contributed by atoms with van der Waals surface area (Å²) in [5, 5.41) is -0.844. The molecule has 138 valence electrons. The van der Waals surface area contributed by atoms with E-state index in [-0.39, 0.29) is 13.0 Å². The fraction of sp³-hybridized carbons (Fsp3) is 0.941. The molecule has 0 aromatic carbocycles. The molecular weight excluding hydrogens is 314 g/mol. The summed E-state index contributed by atoms with van der Waals surface area (Å²) < 4.78 is 27.6. The second-order valence-corrected chi connectivity index (χ2v) is 8.24. The standard InChI is InChI=1S/C17H35NO4S/c1-3-4-5-6-7-8-9-10-11-12-13-14-17(19)22-23(20,21)16(2)15-18/h16H,3-15,18H2,1-2H3. The second kappa shape index (κ2) is 13.8. The van der Waals surface area contributed by atoms with Gasteiger partial charge in [-0.2, -0.15) is 8.42 Å². The van der Waals surface area contributed by atoms with Gasteiger partial charge in [0.15, 0.2) is 0 Å². The lowest BCUT2D eigenvalue weighted by molar-refractivity contribution is -0.134. The molecule has 0 heterocycles. The van der Waals surface area contributed by atoms with Crippen LogP contribution in [0, 0.1) is 0 Å². The Labute approximate surface area is 142 Å². The quantitative estimate of drug-likeness (QED) is 0.358. The van der Waals surface area contributed by atoms with E-state index in [4.69, 9.17) is 5.73 Å². The van der Waals surface area contributed by atoms with Crippen LogP contribution in [0.1, 0.15) is 90.9 Å². The first-order valence-corrected chi connectivity index (χ1v) is 10.6. The van der Waals surface area contributed by atoms with Crippen LogP contribution in [0.25, 0.3) is 0 Å². The Morgan fingerprint density at radius 2 is 1.35 bits per heavy atom. The molecule has 0 rings (SSSR count). The SMILES string of the molecule is CCCCCCCCCCCCCC(=O)OS(=O)(=O)C(C)CN. The molecule has 23 heavy (non-hydrogen) atoms. The van der Waals surface area contributed by atoms with E-state index in [1.165, 1.54) is 58.3 Å². The van der Waals surface area contributed by atoms with Gasteiger partial charge in [0.2, 0.25) is 0 Å². The fourth-order valence-electron chi connectivity index (χ4n) is 2.30. The fourth-order valence-corrected chi connectivity index (χ4v) is 3.05. The number of carbonyl (C=O) groups excluding carboxylic acids is 1. The van der Waals surface area contributed by atoms with Crippen molar-refractivity contribution in [3.63, 3.8) is 0 Å². The smallest absolute Gasteiger partial charge is 0.322 e. The molecule has 0 saturated carbocycles. The number of nitrogens with two attached hydrogens (primary N) is 1. The van der Waals surface area contributed by atoms with E-state index < -0.39 is 21.3 Å². The van der Waals surface area contributed by atoms with Gasteiger partial charge in [0.05, 0.1) is 0 Å². The van der Waals surface area contributed by atoms with Gasteiger partial charge in [0, 0.05) is 13.0 Å². The summed E-state index contributed by atoms with van der Waals surface area (Å²) in [7, 11) is -3.85. The first kappa shape index (κ1) is 22.4. The maximum Gasteiger partial charge on any atom is 0.322 e. The van der Waals surface area contributed by atoms with Crippen LogP contribution in [0.15, 0.2) is 0 Å². The highest BCUT2D eigenvalue weighted by molar-refractivity contribution is 7.87. The van der Waals surface area contributed by atoms with Gasteiger partial charge in [0.25, 0.3) is 0 Å². The molecule has 0 aromatic heterocycles. The zero-order valence-electron chi connectivity index (χ0n) is 14.9. The van der Waals surface area contributed by atoms with E-state index >= 15 is 0 Å². The summed E-state index contributed by atoms with van der Waals surface area (Å²) in [6, 6.07) is 0. The first-order valence-electron chi connectivity index (χ1n) is 9.10. The van der Waals surface area contributed by atoms with Crippen molar-refractivity contribution in [2.75, 3.05) is 6.54 Å². The van der Waals surface area contributed by atoms with Crippen LogP contribution in [0.5, 0.6) is 0 Å². The molecule has 0 aromatic rings. The summed E-state index contributed by atoms with van der Waals surface area (Å²) in [6.45, 7) is 3.61. The average Bonchev–Trinajstić information content (AvgIpc) is 2.51. The predicted octanol–water partition coefficient (Wildman–Crippen LogP) is 3.91. The molecule has 0 fully saturated rings. The Balaban J connectivity index is 3.49. The third kappa shape index (κ3) is 12.5. The Hall–Kier alpha value is -0.620. The molecule has 5 nitrogen and oxygen atoms in total. The van der Waals surface area contributed by atoms with Gasteiger partial charge in [-0.1, -0.05) is 71.1 Å². The third-order valence-electron chi connectivity index (χ3n) is 4.02. The molecule has 0 aliphatic rings. The summed E-state index contributed by atoms with van der Waals surface area (Å²) >= 11 is 0. The summed E-state index contributed by atoms with van der Waals surface area (Å²) in [4.78, 5) is 11.5. The first-order chi connectivity index (χ1) is 10.9. The molecule has 0 bridgehead atoms. The molecule has 2 N–H and O–H groups in total. The predicted molar refractivity (Wildman–Crippen MR) is 94.6 cm³/mol. The Morgan fingerprint density at radius 1 is 0.913 bits per heavy atom. The van der Waals surface area contributed by atoms with Gasteiger partial charge in [-0.3, -0.25) is 4.79 Å². The van der Waals surface area contributed by atoms with Crippen LogP contribution in [0.3, 0.4) is 0 Å². The second-order valence-electron chi connectivity index (χ2n) is 6.28. The highest BCUT2D eigenvalue weighted by Crippen LogP contribution is 2.13.